The van der Waals surface area contributed by atoms with Crippen LogP contribution in [0.5, 0.6) is 5.75 Å². The summed E-state index contributed by atoms with van der Waals surface area (Å²) in [6.07, 6.45) is 0. The van der Waals surface area contributed by atoms with Gasteiger partial charge >= 0.3 is 0 Å². The topological polar surface area (TPSA) is 109 Å². The quantitative estimate of drug-likeness (QED) is 0.553. The molecule has 0 aliphatic carbocycles. The molecule has 0 atom stereocenters. The van der Waals surface area contributed by atoms with Crippen LogP contribution in [0.2, 0.25) is 0 Å². The zero-order valence-electron chi connectivity index (χ0n) is 10.6. The minimum atomic E-state index is -0.581. The number of hydrogen-bond acceptors (Lipinski definition) is 5. The van der Waals surface area contributed by atoms with Crippen molar-refractivity contribution < 1.29 is 10.0 Å². The maximum absolute atomic E-state index is 12.0. The van der Waals surface area contributed by atoms with Crippen LogP contribution in [0.1, 0.15) is 0 Å². The number of nitrogens with one attached hydrogen (secondary N) is 1. The van der Waals surface area contributed by atoms with Crippen LogP contribution in [0.4, 0.5) is 5.69 Å². The first kappa shape index (κ1) is 12.8. The van der Waals surface area contributed by atoms with Gasteiger partial charge in [0.25, 0.3) is 11.2 Å². The molecule has 7 heteroatoms. The Bertz CT molecular complexity index is 917. The number of non-ortho nitro benzene ring substituents is 1. The van der Waals surface area contributed by atoms with Crippen LogP contribution in [0.3, 0.4) is 0 Å². The second kappa shape index (κ2) is 4.71. The number of aromatic nitrogens is 2. The predicted octanol–water partition coefficient (Wildman–Crippen LogP) is 2.20. The summed E-state index contributed by atoms with van der Waals surface area (Å²) in [6.45, 7) is 0. The van der Waals surface area contributed by atoms with Crippen molar-refractivity contribution in [2.75, 3.05) is 0 Å². The van der Waals surface area contributed by atoms with Gasteiger partial charge in [0, 0.05) is 12.1 Å². The van der Waals surface area contributed by atoms with Crippen molar-refractivity contribution in [3.05, 3.63) is 62.9 Å². The molecule has 2 aromatic carbocycles. The number of nitro groups is 1. The highest BCUT2D eigenvalue weighted by molar-refractivity contribution is 5.80. The highest BCUT2D eigenvalue weighted by atomic mass is 16.6. The second-order valence-corrected chi connectivity index (χ2v) is 4.39. The minimum Gasteiger partial charge on any atom is -0.507 e. The summed E-state index contributed by atoms with van der Waals surface area (Å²) >= 11 is 0. The zero-order chi connectivity index (χ0) is 15.0. The number of phenols is 1. The van der Waals surface area contributed by atoms with Gasteiger partial charge in [-0.15, -0.1) is 0 Å². The van der Waals surface area contributed by atoms with Crippen molar-refractivity contribution >= 4 is 16.6 Å². The fourth-order valence-electron chi connectivity index (χ4n) is 2.04. The van der Waals surface area contributed by atoms with Crippen molar-refractivity contribution in [2.24, 2.45) is 0 Å². The van der Waals surface area contributed by atoms with Crippen molar-refractivity contribution in [3.63, 3.8) is 0 Å². The number of rotatable bonds is 2. The summed E-state index contributed by atoms with van der Waals surface area (Å²) in [5.74, 6) is -0.112. The molecule has 0 spiro atoms. The lowest BCUT2D eigenvalue weighted by atomic mass is 10.1. The Kier molecular flexibility index (Phi) is 2.87. The molecule has 21 heavy (non-hydrogen) atoms. The van der Waals surface area contributed by atoms with Gasteiger partial charge in [0.05, 0.1) is 21.4 Å². The van der Waals surface area contributed by atoms with E-state index in [9.17, 15) is 20.0 Å². The van der Waals surface area contributed by atoms with E-state index in [2.05, 4.69) is 9.97 Å². The van der Waals surface area contributed by atoms with Crippen LogP contribution in [-0.2, 0) is 0 Å². The minimum absolute atomic E-state index is 0.0832. The van der Waals surface area contributed by atoms with Crippen molar-refractivity contribution in [2.45, 2.75) is 0 Å². The number of nitrogens with zero attached hydrogens (tertiary/aromatic N) is 2. The largest absolute Gasteiger partial charge is 0.507 e. The Labute approximate surface area is 117 Å². The molecule has 1 heterocycles. The maximum atomic E-state index is 12.0. The Hall–Kier alpha value is -3.22. The Morgan fingerprint density at radius 1 is 1.19 bits per heavy atom. The summed E-state index contributed by atoms with van der Waals surface area (Å²) in [6, 6.07) is 10.3. The molecule has 0 fully saturated rings. The fourth-order valence-corrected chi connectivity index (χ4v) is 2.04. The number of phenolic OH excluding ortho intramolecular Hbond substituents is 1. The van der Waals surface area contributed by atoms with Crippen LogP contribution in [-0.4, -0.2) is 20.0 Å². The van der Waals surface area contributed by atoms with Crippen LogP contribution in [0.25, 0.3) is 22.3 Å². The van der Waals surface area contributed by atoms with Gasteiger partial charge in [-0.2, -0.15) is 0 Å². The summed E-state index contributed by atoms with van der Waals surface area (Å²) in [4.78, 5) is 29.0. The number of fused-ring (bicyclic) bond motifs is 1. The van der Waals surface area contributed by atoms with Gasteiger partial charge in [-0.3, -0.25) is 14.9 Å². The summed E-state index contributed by atoms with van der Waals surface area (Å²) in [5.41, 5.74) is -0.0191. The molecular weight excluding hydrogens is 274 g/mol. The first-order valence-corrected chi connectivity index (χ1v) is 6.03. The van der Waals surface area contributed by atoms with Gasteiger partial charge < -0.3 is 10.1 Å². The number of aromatic hydroxyl groups is 1. The fraction of sp³-hybridized carbons (Fsp3) is 0. The third-order valence-corrected chi connectivity index (χ3v) is 3.06. The molecule has 0 unspecified atom stereocenters. The van der Waals surface area contributed by atoms with E-state index in [4.69, 9.17) is 0 Å². The molecule has 1 aromatic heterocycles. The molecule has 0 saturated heterocycles. The van der Waals surface area contributed by atoms with Crippen molar-refractivity contribution in [1.29, 1.82) is 0 Å². The maximum Gasteiger partial charge on any atom is 0.270 e. The lowest BCUT2D eigenvalue weighted by molar-refractivity contribution is -0.384. The normalized spacial score (nSPS) is 10.7. The lowest BCUT2D eigenvalue weighted by Gasteiger charge is -2.05. The molecule has 0 amide bonds. The highest BCUT2D eigenvalue weighted by Crippen LogP contribution is 2.30. The number of nitro benzene ring substituents is 1. The van der Waals surface area contributed by atoms with E-state index in [1.807, 2.05) is 0 Å². The van der Waals surface area contributed by atoms with E-state index in [1.54, 1.807) is 24.3 Å². The molecular formula is C14H9N3O4. The van der Waals surface area contributed by atoms with E-state index in [1.165, 1.54) is 18.2 Å². The van der Waals surface area contributed by atoms with Crippen molar-refractivity contribution in [3.8, 4) is 17.1 Å². The third-order valence-electron chi connectivity index (χ3n) is 3.06. The molecule has 3 rings (SSSR count). The first-order valence-electron chi connectivity index (χ1n) is 6.03. The molecule has 0 saturated carbocycles. The van der Waals surface area contributed by atoms with Crippen LogP contribution in [0, 0.1) is 10.1 Å². The molecule has 0 aliphatic heterocycles. The van der Waals surface area contributed by atoms with Crippen LogP contribution >= 0.6 is 0 Å². The summed E-state index contributed by atoms with van der Waals surface area (Å²) < 4.78 is 0. The molecule has 0 radical (unpaired) electrons. The standard InChI is InChI=1S/C14H9N3O4/c18-12-6-5-8(17(20)21)7-10(12)13-15-11-4-2-1-3-9(11)14(19)16-13/h1-7,18H,(H,15,16,19). The average Bonchev–Trinajstić information content (AvgIpc) is 2.47. The molecule has 104 valence electrons. The number of H-pyrrole nitrogens is 1. The highest BCUT2D eigenvalue weighted by Gasteiger charge is 2.14. The molecule has 2 N–H and O–H groups in total. The van der Waals surface area contributed by atoms with Gasteiger partial charge in [-0.05, 0) is 18.2 Å². The number of benzene rings is 2. The van der Waals surface area contributed by atoms with Gasteiger partial charge in [0.2, 0.25) is 0 Å². The molecule has 0 bridgehead atoms. The Morgan fingerprint density at radius 2 is 1.95 bits per heavy atom. The van der Waals surface area contributed by atoms with Gasteiger partial charge in [0.1, 0.15) is 11.6 Å². The zero-order valence-corrected chi connectivity index (χ0v) is 10.6. The number of hydrogen-bond donors (Lipinski definition) is 2. The molecule has 3 aromatic rings. The van der Waals surface area contributed by atoms with E-state index in [-0.39, 0.29) is 28.4 Å². The Balaban J connectivity index is 2.28. The second-order valence-electron chi connectivity index (χ2n) is 4.39. The number of aromatic amines is 1. The van der Waals surface area contributed by atoms with Crippen molar-refractivity contribution in [1.82, 2.24) is 9.97 Å². The smallest absolute Gasteiger partial charge is 0.270 e. The van der Waals surface area contributed by atoms with E-state index >= 15 is 0 Å². The monoisotopic (exact) mass is 283 g/mol. The van der Waals surface area contributed by atoms with E-state index in [0.717, 1.165) is 0 Å². The Morgan fingerprint density at radius 3 is 2.71 bits per heavy atom. The molecule has 7 nitrogen and oxygen atoms in total. The summed E-state index contributed by atoms with van der Waals surface area (Å²) in [7, 11) is 0. The summed E-state index contributed by atoms with van der Waals surface area (Å²) in [5, 5.41) is 21.1. The first-order chi connectivity index (χ1) is 10.1. The van der Waals surface area contributed by atoms with E-state index < -0.39 is 4.92 Å². The molecule has 0 aliphatic rings. The third kappa shape index (κ3) is 2.20. The average molecular weight is 283 g/mol. The van der Waals surface area contributed by atoms with Gasteiger partial charge in [-0.25, -0.2) is 4.98 Å². The van der Waals surface area contributed by atoms with Crippen LogP contribution in [0.15, 0.2) is 47.3 Å². The SMILES string of the molecule is O=c1[nH]c(-c2cc([N+](=O)[O-])ccc2O)nc2ccccc12. The van der Waals surface area contributed by atoms with E-state index in [0.29, 0.717) is 10.9 Å². The number of para-hydroxylation sites is 1. The van der Waals surface area contributed by atoms with Gasteiger partial charge in [-0.1, -0.05) is 12.1 Å². The van der Waals surface area contributed by atoms with Gasteiger partial charge in [0.15, 0.2) is 0 Å². The van der Waals surface area contributed by atoms with Crippen LogP contribution < -0.4 is 5.56 Å². The lowest BCUT2D eigenvalue weighted by Crippen LogP contribution is -2.09. The predicted molar refractivity (Wildman–Crippen MR) is 76.1 cm³/mol.